The number of halogens is 1. The summed E-state index contributed by atoms with van der Waals surface area (Å²) < 4.78 is 1.63. The van der Waals surface area contributed by atoms with Gasteiger partial charge in [-0.05, 0) is 31.0 Å². The molecule has 0 amide bonds. The van der Waals surface area contributed by atoms with Gasteiger partial charge in [-0.3, -0.25) is 4.98 Å². The Balaban J connectivity index is 1.61. The number of rotatable bonds is 6. The lowest BCUT2D eigenvalue weighted by molar-refractivity contribution is 0.454. The van der Waals surface area contributed by atoms with Crippen molar-refractivity contribution >= 4 is 40.0 Å². The average Bonchev–Trinajstić information content (AvgIpc) is 3.30. The molecule has 0 aliphatic heterocycles. The number of hydrogen-bond acceptors (Lipinski definition) is 6. The molecule has 3 heterocycles. The van der Waals surface area contributed by atoms with E-state index in [-0.39, 0.29) is 11.6 Å². The number of imidazole rings is 2. The van der Waals surface area contributed by atoms with Gasteiger partial charge in [0.2, 0.25) is 5.88 Å². The second-order valence-corrected chi connectivity index (χ2v) is 7.59. The summed E-state index contributed by atoms with van der Waals surface area (Å²) in [5, 5.41) is 22.0. The maximum atomic E-state index is 11.5. The van der Waals surface area contributed by atoms with Gasteiger partial charge in [0.15, 0.2) is 11.5 Å². The van der Waals surface area contributed by atoms with Crippen LogP contribution in [0.4, 0.5) is 17.2 Å². The SMILES string of the molecule is C=C(c1[nH]c(=O)[nH]c1O)c1cnc2c(NC3CC3)cc(Nc3cccc(Cl)c3)nn12. The van der Waals surface area contributed by atoms with Crippen molar-refractivity contribution in [3.05, 3.63) is 70.0 Å². The Hall–Kier alpha value is -3.72. The average molecular weight is 424 g/mol. The highest BCUT2D eigenvalue weighted by Gasteiger charge is 2.24. The van der Waals surface area contributed by atoms with Gasteiger partial charge in [-0.1, -0.05) is 24.2 Å². The van der Waals surface area contributed by atoms with Gasteiger partial charge in [0.25, 0.3) is 0 Å². The number of aromatic nitrogens is 5. The molecule has 4 aromatic rings. The second kappa shape index (κ2) is 6.96. The van der Waals surface area contributed by atoms with E-state index in [1.807, 2.05) is 18.2 Å². The van der Waals surface area contributed by atoms with Crippen LogP contribution < -0.4 is 16.3 Å². The van der Waals surface area contributed by atoms with Gasteiger partial charge < -0.3 is 20.7 Å². The fourth-order valence-corrected chi connectivity index (χ4v) is 3.41. The molecule has 1 saturated carbocycles. The van der Waals surface area contributed by atoms with E-state index in [2.05, 4.69) is 37.3 Å². The van der Waals surface area contributed by atoms with Crippen LogP contribution in [0.25, 0.3) is 11.2 Å². The highest BCUT2D eigenvalue weighted by Crippen LogP contribution is 2.32. The van der Waals surface area contributed by atoms with E-state index in [0.717, 1.165) is 24.2 Å². The summed E-state index contributed by atoms with van der Waals surface area (Å²) in [5.74, 6) is 0.288. The minimum atomic E-state index is -0.523. The molecule has 0 spiro atoms. The summed E-state index contributed by atoms with van der Waals surface area (Å²) in [7, 11) is 0. The Labute approximate surface area is 175 Å². The molecule has 0 atom stereocenters. The number of fused-ring (bicyclic) bond motifs is 1. The molecule has 5 N–H and O–H groups in total. The summed E-state index contributed by atoms with van der Waals surface area (Å²) in [4.78, 5) is 20.9. The Morgan fingerprint density at radius 2 is 2.13 bits per heavy atom. The lowest BCUT2D eigenvalue weighted by Gasteiger charge is -2.12. The van der Waals surface area contributed by atoms with Crippen molar-refractivity contribution in [1.29, 1.82) is 0 Å². The molecule has 0 unspecified atom stereocenters. The van der Waals surface area contributed by atoms with Crippen molar-refractivity contribution in [3.63, 3.8) is 0 Å². The van der Waals surface area contributed by atoms with Crippen molar-refractivity contribution in [1.82, 2.24) is 24.6 Å². The van der Waals surface area contributed by atoms with E-state index < -0.39 is 5.69 Å². The molecular weight excluding hydrogens is 406 g/mol. The van der Waals surface area contributed by atoms with Gasteiger partial charge in [0.1, 0.15) is 5.69 Å². The Kier molecular flexibility index (Phi) is 4.25. The van der Waals surface area contributed by atoms with Crippen molar-refractivity contribution < 1.29 is 5.11 Å². The molecule has 1 aliphatic carbocycles. The first-order valence-electron chi connectivity index (χ1n) is 9.37. The van der Waals surface area contributed by atoms with Crippen molar-refractivity contribution in [2.24, 2.45) is 0 Å². The Morgan fingerprint density at radius 1 is 1.30 bits per heavy atom. The fraction of sp³-hybridized carbons (Fsp3) is 0.150. The Bertz CT molecular complexity index is 1330. The number of benzene rings is 1. The zero-order chi connectivity index (χ0) is 20.8. The van der Waals surface area contributed by atoms with Crippen LogP contribution in [-0.2, 0) is 0 Å². The lowest BCUT2D eigenvalue weighted by Crippen LogP contribution is -2.08. The molecule has 1 fully saturated rings. The van der Waals surface area contributed by atoms with Crippen LogP contribution in [0.15, 0.2) is 47.9 Å². The van der Waals surface area contributed by atoms with Crippen molar-refractivity contribution in [2.45, 2.75) is 18.9 Å². The van der Waals surface area contributed by atoms with Crippen LogP contribution in [-0.4, -0.2) is 35.7 Å². The standard InChI is InChI=1S/C20H18ClN7O2/c1-10(17-19(29)26-20(30)25-17)15-9-22-18-14(23-12-5-6-12)8-16(27-28(15)18)24-13-4-2-3-11(21)7-13/h2-4,7-9,12,23,29H,1,5-6H2,(H,24,27)(H2,25,26,30). The van der Waals surface area contributed by atoms with E-state index in [1.165, 1.54) is 0 Å². The smallest absolute Gasteiger partial charge is 0.326 e. The van der Waals surface area contributed by atoms with Crippen LogP contribution in [0.2, 0.25) is 5.02 Å². The van der Waals surface area contributed by atoms with Gasteiger partial charge in [0, 0.05) is 28.4 Å². The number of hydrogen-bond donors (Lipinski definition) is 5. The molecule has 0 saturated heterocycles. The van der Waals surface area contributed by atoms with Crippen molar-refractivity contribution in [3.8, 4) is 5.88 Å². The molecule has 10 heteroatoms. The molecule has 5 rings (SSSR count). The van der Waals surface area contributed by atoms with Crippen LogP contribution in [0.5, 0.6) is 5.88 Å². The first-order chi connectivity index (χ1) is 14.5. The number of nitrogens with one attached hydrogen (secondary N) is 4. The minimum Gasteiger partial charge on any atom is -0.493 e. The molecule has 9 nitrogen and oxygen atoms in total. The predicted octanol–water partition coefficient (Wildman–Crippen LogP) is 3.48. The molecular formula is C20H18ClN7O2. The van der Waals surface area contributed by atoms with Crippen LogP contribution in [0, 0.1) is 0 Å². The molecule has 1 aliphatic rings. The van der Waals surface area contributed by atoms with E-state index in [1.54, 1.807) is 22.8 Å². The van der Waals surface area contributed by atoms with Crippen LogP contribution in [0.1, 0.15) is 24.2 Å². The molecule has 30 heavy (non-hydrogen) atoms. The first kappa shape index (κ1) is 18.3. The number of anilines is 3. The minimum absolute atomic E-state index is 0.188. The predicted molar refractivity (Wildman–Crippen MR) is 116 cm³/mol. The zero-order valence-corrected chi connectivity index (χ0v) is 16.5. The van der Waals surface area contributed by atoms with Gasteiger partial charge in [-0.25, -0.2) is 14.3 Å². The van der Waals surface area contributed by atoms with Crippen LogP contribution in [0.3, 0.4) is 0 Å². The normalized spacial score (nSPS) is 13.5. The second-order valence-electron chi connectivity index (χ2n) is 7.16. The third kappa shape index (κ3) is 3.39. The summed E-state index contributed by atoms with van der Waals surface area (Å²) in [6, 6.07) is 9.64. The lowest BCUT2D eigenvalue weighted by atomic mass is 10.2. The quantitative estimate of drug-likeness (QED) is 0.323. The van der Waals surface area contributed by atoms with Crippen molar-refractivity contribution in [2.75, 3.05) is 10.6 Å². The molecule has 0 radical (unpaired) electrons. The number of nitrogens with zero attached hydrogens (tertiary/aromatic N) is 3. The molecule has 1 aromatic carbocycles. The van der Waals surface area contributed by atoms with E-state index in [9.17, 15) is 9.90 Å². The zero-order valence-electron chi connectivity index (χ0n) is 15.7. The van der Waals surface area contributed by atoms with E-state index in [0.29, 0.717) is 33.8 Å². The first-order valence-corrected chi connectivity index (χ1v) is 9.74. The van der Waals surface area contributed by atoms with E-state index in [4.69, 9.17) is 11.6 Å². The van der Waals surface area contributed by atoms with Gasteiger partial charge in [0.05, 0.1) is 17.6 Å². The topological polar surface area (TPSA) is 123 Å². The molecule has 0 bridgehead atoms. The van der Waals surface area contributed by atoms with Crippen LogP contribution >= 0.6 is 11.6 Å². The van der Waals surface area contributed by atoms with Gasteiger partial charge in [-0.2, -0.15) is 0 Å². The maximum Gasteiger partial charge on any atom is 0.326 e. The van der Waals surface area contributed by atoms with Gasteiger partial charge >= 0.3 is 5.69 Å². The maximum absolute atomic E-state index is 11.5. The summed E-state index contributed by atoms with van der Waals surface area (Å²) in [5.41, 5.74) is 2.81. The fourth-order valence-electron chi connectivity index (χ4n) is 3.22. The number of aromatic hydroxyl groups is 1. The summed E-state index contributed by atoms with van der Waals surface area (Å²) in [6.07, 6.45) is 3.81. The highest BCUT2D eigenvalue weighted by atomic mass is 35.5. The summed E-state index contributed by atoms with van der Waals surface area (Å²) in [6.45, 7) is 4.01. The van der Waals surface area contributed by atoms with Gasteiger partial charge in [-0.15, -0.1) is 5.10 Å². The third-order valence-corrected chi connectivity index (χ3v) is 5.05. The Morgan fingerprint density at radius 3 is 2.83 bits per heavy atom. The summed E-state index contributed by atoms with van der Waals surface area (Å²) >= 11 is 6.09. The van der Waals surface area contributed by atoms with E-state index >= 15 is 0 Å². The third-order valence-electron chi connectivity index (χ3n) is 4.82. The largest absolute Gasteiger partial charge is 0.493 e. The number of aromatic amines is 2. The molecule has 3 aromatic heterocycles. The monoisotopic (exact) mass is 423 g/mol. The highest BCUT2D eigenvalue weighted by molar-refractivity contribution is 6.30. The molecule has 152 valence electrons. The number of H-pyrrole nitrogens is 2.